The van der Waals surface area contributed by atoms with Gasteiger partial charge in [-0.05, 0) is 35.4 Å². The number of ether oxygens (including phenoxy) is 5. The van der Waals surface area contributed by atoms with Crippen LogP contribution in [0.3, 0.4) is 0 Å². The third-order valence-electron chi connectivity index (χ3n) is 7.13. The highest BCUT2D eigenvalue weighted by Crippen LogP contribution is 2.45. The molecule has 38 heavy (non-hydrogen) atoms. The highest BCUT2D eigenvalue weighted by atomic mass is 16.7. The van der Waals surface area contributed by atoms with Crippen molar-refractivity contribution in [1.82, 2.24) is 0 Å². The maximum Gasteiger partial charge on any atom is 0.229 e. The number of rotatable bonds is 9. The highest BCUT2D eigenvalue weighted by molar-refractivity contribution is 5.45. The largest absolute Gasteiger partial charge is 0.504 e. The van der Waals surface area contributed by atoms with Crippen LogP contribution in [0, 0.1) is 5.92 Å². The van der Waals surface area contributed by atoms with Gasteiger partial charge in [-0.25, -0.2) is 0 Å². The first-order chi connectivity index (χ1) is 18.1. The normalized spacial score (nSPS) is 33.2. The molecule has 2 aliphatic heterocycles. The van der Waals surface area contributed by atoms with Gasteiger partial charge in [-0.2, -0.15) is 0 Å². The van der Waals surface area contributed by atoms with Gasteiger partial charge in [0.25, 0.3) is 0 Å². The number of hydrogen-bond acceptors (Lipinski definition) is 12. The quantitative estimate of drug-likeness (QED) is 0.212. The van der Waals surface area contributed by atoms with Crippen LogP contribution in [0.25, 0.3) is 0 Å². The standard InChI is InChI=1S/C26H34O12/c1-34-18-7-13(3-5-16(18)29)9-26(33)12-36-24(15(26)10-27)14-4-6-17(19(8-14)35-2)37-25-23(32)22(31)21(30)20(11-28)38-25/h3-8,15,20-25,27-33H,9-12H2,1-2H3/t15-,20-,21-,22+,23-,24?,25-,26-/m1/s1. The fourth-order valence-corrected chi connectivity index (χ4v) is 4.95. The number of phenols is 1. The topological polar surface area (TPSA) is 188 Å². The molecule has 2 aliphatic rings. The Morgan fingerprint density at radius 2 is 1.63 bits per heavy atom. The maximum atomic E-state index is 11.4. The van der Waals surface area contributed by atoms with E-state index in [0.717, 1.165) is 0 Å². The molecule has 2 aromatic rings. The van der Waals surface area contributed by atoms with E-state index in [9.17, 15) is 35.7 Å². The van der Waals surface area contributed by atoms with Crippen LogP contribution in [0.2, 0.25) is 0 Å². The predicted molar refractivity (Wildman–Crippen MR) is 130 cm³/mol. The molecule has 0 spiro atoms. The van der Waals surface area contributed by atoms with Crippen LogP contribution in [0.15, 0.2) is 36.4 Å². The number of hydrogen-bond donors (Lipinski definition) is 7. The summed E-state index contributed by atoms with van der Waals surface area (Å²) in [5, 5.41) is 71.2. The molecule has 12 heteroatoms. The zero-order valence-electron chi connectivity index (χ0n) is 21.0. The van der Waals surface area contributed by atoms with Crippen molar-refractivity contribution in [3.05, 3.63) is 47.5 Å². The van der Waals surface area contributed by atoms with E-state index >= 15 is 0 Å². The van der Waals surface area contributed by atoms with Crippen LogP contribution in [0.1, 0.15) is 17.2 Å². The molecule has 4 rings (SSSR count). The number of aliphatic hydroxyl groups excluding tert-OH is 5. The Bertz CT molecular complexity index is 1090. The Morgan fingerprint density at radius 1 is 0.895 bits per heavy atom. The van der Waals surface area contributed by atoms with Crippen molar-refractivity contribution in [2.45, 2.75) is 48.8 Å². The summed E-state index contributed by atoms with van der Waals surface area (Å²) in [5.41, 5.74) is -0.146. The molecule has 8 atom stereocenters. The van der Waals surface area contributed by atoms with Gasteiger partial charge in [0.05, 0.1) is 45.7 Å². The summed E-state index contributed by atoms with van der Waals surface area (Å²) >= 11 is 0. The van der Waals surface area contributed by atoms with Gasteiger partial charge in [-0.15, -0.1) is 0 Å². The Kier molecular flexibility index (Phi) is 8.65. The van der Waals surface area contributed by atoms with Gasteiger partial charge in [0.1, 0.15) is 24.4 Å². The van der Waals surface area contributed by atoms with E-state index in [4.69, 9.17) is 23.7 Å². The van der Waals surface area contributed by atoms with Crippen LogP contribution in [-0.4, -0.2) is 106 Å². The van der Waals surface area contributed by atoms with Crippen LogP contribution >= 0.6 is 0 Å². The lowest BCUT2D eigenvalue weighted by Gasteiger charge is -2.39. The molecule has 2 aromatic carbocycles. The molecule has 7 N–H and O–H groups in total. The monoisotopic (exact) mass is 538 g/mol. The van der Waals surface area contributed by atoms with E-state index in [1.165, 1.54) is 26.4 Å². The van der Waals surface area contributed by atoms with Gasteiger partial charge >= 0.3 is 0 Å². The molecule has 0 amide bonds. The molecule has 0 aliphatic carbocycles. The van der Waals surface area contributed by atoms with Crippen LogP contribution in [0.5, 0.6) is 23.0 Å². The van der Waals surface area contributed by atoms with Crippen LogP contribution in [0.4, 0.5) is 0 Å². The molecule has 0 bridgehead atoms. The van der Waals surface area contributed by atoms with Crippen molar-refractivity contribution < 1.29 is 59.4 Å². The molecular formula is C26H34O12. The second-order valence-electron chi connectivity index (χ2n) is 9.53. The van der Waals surface area contributed by atoms with Gasteiger partial charge in [-0.1, -0.05) is 12.1 Å². The number of phenolic OH excluding ortho intramolecular Hbond substituents is 1. The Morgan fingerprint density at radius 3 is 2.29 bits per heavy atom. The molecule has 0 aromatic heterocycles. The lowest BCUT2D eigenvalue weighted by atomic mass is 9.80. The highest BCUT2D eigenvalue weighted by Gasteiger charge is 2.49. The Labute approximate surface area is 219 Å². The smallest absolute Gasteiger partial charge is 0.229 e. The van der Waals surface area contributed by atoms with E-state index in [2.05, 4.69) is 0 Å². The minimum atomic E-state index is -1.60. The molecule has 0 radical (unpaired) electrons. The zero-order valence-corrected chi connectivity index (χ0v) is 21.0. The molecule has 210 valence electrons. The Hall–Kier alpha value is -2.68. The first-order valence-electron chi connectivity index (χ1n) is 12.1. The van der Waals surface area contributed by atoms with Crippen molar-refractivity contribution in [3.8, 4) is 23.0 Å². The first-order valence-corrected chi connectivity index (χ1v) is 12.1. The zero-order chi connectivity index (χ0) is 27.6. The number of methoxy groups -OCH3 is 2. The summed E-state index contributed by atoms with van der Waals surface area (Å²) in [6, 6.07) is 9.51. The van der Waals surface area contributed by atoms with E-state index in [1.54, 1.807) is 24.3 Å². The number of aliphatic hydroxyl groups is 6. The predicted octanol–water partition coefficient (Wildman–Crippen LogP) is -0.758. The van der Waals surface area contributed by atoms with Gasteiger partial charge < -0.3 is 59.4 Å². The summed E-state index contributed by atoms with van der Waals surface area (Å²) in [5.74, 6) is -0.101. The summed E-state index contributed by atoms with van der Waals surface area (Å²) in [4.78, 5) is 0. The molecule has 2 fully saturated rings. The molecular weight excluding hydrogens is 504 g/mol. The van der Waals surface area contributed by atoms with Gasteiger partial charge in [0.2, 0.25) is 6.29 Å². The molecule has 2 heterocycles. The summed E-state index contributed by atoms with van der Waals surface area (Å²) in [6.45, 7) is -1.03. The van der Waals surface area contributed by atoms with Crippen LogP contribution in [-0.2, 0) is 15.9 Å². The number of benzene rings is 2. The maximum absolute atomic E-state index is 11.4. The molecule has 12 nitrogen and oxygen atoms in total. The average molecular weight is 539 g/mol. The fourth-order valence-electron chi connectivity index (χ4n) is 4.95. The van der Waals surface area contributed by atoms with Crippen molar-refractivity contribution in [1.29, 1.82) is 0 Å². The summed E-state index contributed by atoms with van der Waals surface area (Å²) < 4.78 is 27.6. The minimum Gasteiger partial charge on any atom is -0.504 e. The SMILES string of the molecule is COc1cc(C[C@@]2(O)COC(c3ccc(O[C@@H]4O[C@H](CO)[C@@H](O)[C@H](O)[C@H]4O)c(OC)c3)[C@H]2CO)ccc1O. The fraction of sp³-hybridized carbons (Fsp3) is 0.538. The van der Waals surface area contributed by atoms with E-state index in [-0.39, 0.29) is 42.6 Å². The summed E-state index contributed by atoms with van der Waals surface area (Å²) in [6.07, 6.45) is -7.80. The van der Waals surface area contributed by atoms with Crippen molar-refractivity contribution in [2.24, 2.45) is 5.92 Å². The van der Waals surface area contributed by atoms with E-state index < -0.39 is 54.9 Å². The van der Waals surface area contributed by atoms with Gasteiger partial charge in [0, 0.05) is 12.3 Å². The average Bonchev–Trinajstić information content (AvgIpc) is 3.25. The van der Waals surface area contributed by atoms with E-state index in [0.29, 0.717) is 11.1 Å². The molecule has 1 unspecified atom stereocenters. The van der Waals surface area contributed by atoms with Crippen molar-refractivity contribution in [3.63, 3.8) is 0 Å². The van der Waals surface area contributed by atoms with Gasteiger partial charge in [0.15, 0.2) is 23.0 Å². The third kappa shape index (κ3) is 5.40. The van der Waals surface area contributed by atoms with Gasteiger partial charge in [-0.3, -0.25) is 0 Å². The van der Waals surface area contributed by atoms with Crippen molar-refractivity contribution in [2.75, 3.05) is 34.0 Å². The lowest BCUT2D eigenvalue weighted by Crippen LogP contribution is -2.60. The third-order valence-corrected chi connectivity index (χ3v) is 7.13. The lowest BCUT2D eigenvalue weighted by molar-refractivity contribution is -0.277. The minimum absolute atomic E-state index is 0.0272. The Balaban J connectivity index is 1.53. The summed E-state index contributed by atoms with van der Waals surface area (Å²) in [7, 11) is 2.82. The second kappa shape index (κ2) is 11.6. The second-order valence-corrected chi connectivity index (χ2v) is 9.53. The molecule has 0 saturated carbocycles. The van der Waals surface area contributed by atoms with Crippen LogP contribution < -0.4 is 14.2 Å². The molecule has 2 saturated heterocycles. The van der Waals surface area contributed by atoms with Crippen molar-refractivity contribution >= 4 is 0 Å². The van der Waals surface area contributed by atoms with E-state index in [1.807, 2.05) is 0 Å². The number of aromatic hydroxyl groups is 1. The first kappa shape index (κ1) is 28.3.